The third kappa shape index (κ3) is 3.89. The molecule has 1 aromatic rings. The highest BCUT2D eigenvalue weighted by atomic mass is 79.9. The summed E-state index contributed by atoms with van der Waals surface area (Å²) in [6.45, 7) is 0.615. The molecule has 1 aliphatic heterocycles. The zero-order valence-corrected chi connectivity index (χ0v) is 11.8. The summed E-state index contributed by atoms with van der Waals surface area (Å²) < 4.78 is 0.894. The molecule has 1 aliphatic rings. The number of nitrogens with zero attached hydrogens (tertiary/aromatic N) is 2. The number of carbonyl (C=O) groups excluding carboxylic acids is 1. The van der Waals surface area contributed by atoms with Crippen molar-refractivity contribution in [2.45, 2.75) is 12.8 Å². The third-order valence-corrected chi connectivity index (χ3v) is 3.28. The zero-order valence-electron chi connectivity index (χ0n) is 10.2. The maximum Gasteiger partial charge on any atom is 0.248 e. The number of hydrogen-bond donors (Lipinski definition) is 2. The Balaban J connectivity index is 1.79. The van der Waals surface area contributed by atoms with Crippen LogP contribution < -0.4 is 5.43 Å². The van der Waals surface area contributed by atoms with Crippen LogP contribution in [0.15, 0.2) is 32.8 Å². The van der Waals surface area contributed by atoms with Crippen LogP contribution in [0.1, 0.15) is 18.4 Å². The second kappa shape index (κ2) is 6.47. The Morgan fingerprint density at radius 3 is 3.11 bits per heavy atom. The van der Waals surface area contributed by atoms with E-state index < -0.39 is 0 Å². The number of benzene rings is 1. The van der Waals surface area contributed by atoms with Gasteiger partial charge in [-0.2, -0.15) is 5.10 Å². The quantitative estimate of drug-likeness (QED) is 0.643. The number of phenolic OH excluding ortho intramolecular Hbond substituents is 1. The standard InChI is InChI=1S/C13H14BrN3O2/c14-11-3-4-12(18)10(6-11)7-15-5-1-2-9-8-16-17-13(9)19/h3-4,6-9,18H,1-2,5H2,(H,17,19)/t9-/m0/s1. The van der Waals surface area contributed by atoms with Gasteiger partial charge in [-0.25, -0.2) is 5.43 Å². The molecule has 100 valence electrons. The molecule has 19 heavy (non-hydrogen) atoms. The molecule has 1 aromatic carbocycles. The second-order valence-electron chi connectivity index (χ2n) is 4.24. The number of halogens is 1. The first-order valence-electron chi connectivity index (χ1n) is 5.98. The largest absolute Gasteiger partial charge is 0.507 e. The average molecular weight is 324 g/mol. The van der Waals surface area contributed by atoms with Gasteiger partial charge in [0.2, 0.25) is 5.91 Å². The van der Waals surface area contributed by atoms with Crippen molar-refractivity contribution in [3.8, 4) is 5.75 Å². The molecule has 0 aromatic heterocycles. The van der Waals surface area contributed by atoms with E-state index in [0.717, 1.165) is 17.3 Å². The van der Waals surface area contributed by atoms with Crippen LogP contribution in [0, 0.1) is 5.92 Å². The highest BCUT2D eigenvalue weighted by molar-refractivity contribution is 9.10. The van der Waals surface area contributed by atoms with Gasteiger partial charge in [0.15, 0.2) is 0 Å². The molecule has 6 heteroatoms. The van der Waals surface area contributed by atoms with Crippen LogP contribution in [0.25, 0.3) is 0 Å². The van der Waals surface area contributed by atoms with Crippen LogP contribution in [0.3, 0.4) is 0 Å². The molecule has 1 heterocycles. The molecular weight excluding hydrogens is 310 g/mol. The van der Waals surface area contributed by atoms with Gasteiger partial charge in [0.05, 0.1) is 5.92 Å². The second-order valence-corrected chi connectivity index (χ2v) is 5.16. The summed E-state index contributed by atoms with van der Waals surface area (Å²) in [5, 5.41) is 13.3. The summed E-state index contributed by atoms with van der Waals surface area (Å²) in [4.78, 5) is 15.5. The Kier molecular flexibility index (Phi) is 4.68. The summed E-state index contributed by atoms with van der Waals surface area (Å²) >= 11 is 3.34. The van der Waals surface area contributed by atoms with Crippen molar-refractivity contribution in [3.05, 3.63) is 28.2 Å². The van der Waals surface area contributed by atoms with Crippen LogP contribution >= 0.6 is 15.9 Å². The van der Waals surface area contributed by atoms with Crippen molar-refractivity contribution in [2.24, 2.45) is 16.0 Å². The first-order chi connectivity index (χ1) is 9.16. The monoisotopic (exact) mass is 323 g/mol. The molecule has 0 fully saturated rings. The minimum Gasteiger partial charge on any atom is -0.507 e. The molecule has 5 nitrogen and oxygen atoms in total. The van der Waals surface area contributed by atoms with Crippen molar-refractivity contribution >= 4 is 34.3 Å². The smallest absolute Gasteiger partial charge is 0.248 e. The highest BCUT2D eigenvalue weighted by Gasteiger charge is 2.19. The van der Waals surface area contributed by atoms with Gasteiger partial charge in [0.1, 0.15) is 5.75 Å². The number of rotatable bonds is 5. The molecule has 0 saturated heterocycles. The number of hydrogen-bond acceptors (Lipinski definition) is 4. The average Bonchev–Trinajstić information content (AvgIpc) is 2.79. The van der Waals surface area contributed by atoms with Crippen molar-refractivity contribution in [1.82, 2.24) is 5.43 Å². The van der Waals surface area contributed by atoms with Crippen LogP contribution in [0.5, 0.6) is 5.75 Å². The van der Waals surface area contributed by atoms with Gasteiger partial charge in [-0.15, -0.1) is 0 Å². The fraction of sp³-hybridized carbons (Fsp3) is 0.308. The normalized spacial score (nSPS) is 18.2. The predicted molar refractivity (Wildman–Crippen MR) is 77.6 cm³/mol. The number of aromatic hydroxyl groups is 1. The van der Waals surface area contributed by atoms with Crippen LogP contribution in [-0.2, 0) is 4.79 Å². The summed E-state index contributed by atoms with van der Waals surface area (Å²) in [6, 6.07) is 5.19. The number of hydrazone groups is 1. The van der Waals surface area contributed by atoms with E-state index in [2.05, 4.69) is 31.4 Å². The fourth-order valence-corrected chi connectivity index (χ4v) is 2.12. The van der Waals surface area contributed by atoms with E-state index in [0.29, 0.717) is 12.1 Å². The Hall–Kier alpha value is -1.69. The van der Waals surface area contributed by atoms with E-state index in [1.165, 1.54) is 0 Å². The number of nitrogens with one attached hydrogen (secondary N) is 1. The number of amides is 1. The van der Waals surface area contributed by atoms with Crippen LogP contribution in [0.4, 0.5) is 0 Å². The number of phenols is 1. The van der Waals surface area contributed by atoms with E-state index in [4.69, 9.17) is 0 Å². The lowest BCUT2D eigenvalue weighted by atomic mass is 10.1. The summed E-state index contributed by atoms with van der Waals surface area (Å²) in [5.41, 5.74) is 3.08. The van der Waals surface area contributed by atoms with E-state index in [1.807, 2.05) is 0 Å². The predicted octanol–water partition coefficient (Wildman–Crippen LogP) is 2.09. The number of aliphatic imine (C=N–C) groups is 1. The summed E-state index contributed by atoms with van der Waals surface area (Å²) in [6.07, 6.45) is 4.81. The van der Waals surface area contributed by atoms with Crippen LogP contribution in [-0.4, -0.2) is 30.0 Å². The maximum absolute atomic E-state index is 11.2. The van der Waals surface area contributed by atoms with Gasteiger partial charge in [-0.05, 0) is 31.0 Å². The highest BCUT2D eigenvalue weighted by Crippen LogP contribution is 2.20. The maximum atomic E-state index is 11.2. The SMILES string of the molecule is O=C1NN=C[C@@H]1CCCN=Cc1cc(Br)ccc1O. The first-order valence-corrected chi connectivity index (χ1v) is 6.77. The minimum absolute atomic E-state index is 0.0476. The Morgan fingerprint density at radius 1 is 1.53 bits per heavy atom. The first kappa shape index (κ1) is 13.7. The molecule has 0 spiro atoms. The molecule has 2 rings (SSSR count). The minimum atomic E-state index is -0.130. The lowest BCUT2D eigenvalue weighted by Crippen LogP contribution is -2.19. The van der Waals surface area contributed by atoms with Gasteiger partial charge in [0, 0.05) is 29.0 Å². The number of carbonyl (C=O) groups is 1. The molecular formula is C13H14BrN3O2. The van der Waals surface area contributed by atoms with Gasteiger partial charge < -0.3 is 5.11 Å². The molecule has 0 saturated carbocycles. The zero-order chi connectivity index (χ0) is 13.7. The lowest BCUT2D eigenvalue weighted by Gasteiger charge is -2.02. The Labute approximate surface area is 119 Å². The molecule has 2 N–H and O–H groups in total. The van der Waals surface area contributed by atoms with E-state index in [1.54, 1.807) is 30.6 Å². The summed E-state index contributed by atoms with van der Waals surface area (Å²) in [7, 11) is 0. The van der Waals surface area contributed by atoms with E-state index >= 15 is 0 Å². The van der Waals surface area contributed by atoms with Gasteiger partial charge in [-0.3, -0.25) is 9.79 Å². The molecule has 0 unspecified atom stereocenters. The summed E-state index contributed by atoms with van der Waals surface area (Å²) in [5.74, 6) is 0.0253. The van der Waals surface area contributed by atoms with Crippen molar-refractivity contribution in [1.29, 1.82) is 0 Å². The Morgan fingerprint density at radius 2 is 2.37 bits per heavy atom. The molecule has 0 bridgehead atoms. The van der Waals surface area contributed by atoms with Gasteiger partial charge >= 0.3 is 0 Å². The Bertz CT molecular complexity index is 529. The van der Waals surface area contributed by atoms with Gasteiger partial charge in [-0.1, -0.05) is 15.9 Å². The topological polar surface area (TPSA) is 74.0 Å². The van der Waals surface area contributed by atoms with Crippen LogP contribution in [0.2, 0.25) is 0 Å². The molecule has 1 atom stereocenters. The molecule has 0 radical (unpaired) electrons. The van der Waals surface area contributed by atoms with E-state index in [-0.39, 0.29) is 17.6 Å². The van der Waals surface area contributed by atoms with E-state index in [9.17, 15) is 9.90 Å². The molecule has 1 amide bonds. The fourth-order valence-electron chi connectivity index (χ4n) is 1.74. The third-order valence-electron chi connectivity index (χ3n) is 2.79. The van der Waals surface area contributed by atoms with Crippen molar-refractivity contribution in [3.63, 3.8) is 0 Å². The van der Waals surface area contributed by atoms with Crippen molar-refractivity contribution in [2.75, 3.05) is 6.54 Å². The van der Waals surface area contributed by atoms with Crippen molar-refractivity contribution < 1.29 is 9.90 Å². The lowest BCUT2D eigenvalue weighted by molar-refractivity contribution is -0.122. The van der Waals surface area contributed by atoms with Gasteiger partial charge in [0.25, 0.3) is 0 Å². The molecule has 0 aliphatic carbocycles.